The fourth-order valence-corrected chi connectivity index (χ4v) is 10.7. The maximum atomic E-state index is 13.5. The van der Waals surface area contributed by atoms with Gasteiger partial charge in [-0.2, -0.15) is 0 Å². The molecule has 4 fully saturated rings. The summed E-state index contributed by atoms with van der Waals surface area (Å²) in [5.41, 5.74) is 0.905. The number of rotatable bonds is 8. The van der Waals surface area contributed by atoms with Crippen LogP contribution in [0.3, 0.4) is 0 Å². The fraction of sp³-hybridized carbons (Fsp3) is 0.238. The van der Waals surface area contributed by atoms with Gasteiger partial charge in [0.1, 0.15) is 23.0 Å². The van der Waals surface area contributed by atoms with Crippen molar-refractivity contribution >= 4 is 44.8 Å². The third-order valence-corrected chi connectivity index (χ3v) is 13.6. The van der Waals surface area contributed by atoms with Gasteiger partial charge in [-0.05, 0) is 109 Å². The molecule has 4 amide bonds. The number of nitrogens with zero attached hydrogens (tertiary/aromatic N) is 2. The van der Waals surface area contributed by atoms with Gasteiger partial charge in [-0.1, -0.05) is 36.4 Å². The molecule has 8 unspecified atom stereocenters. The van der Waals surface area contributed by atoms with Gasteiger partial charge in [0.2, 0.25) is 33.5 Å². The van der Waals surface area contributed by atoms with Crippen molar-refractivity contribution in [3.05, 3.63) is 121 Å². The van der Waals surface area contributed by atoms with E-state index in [0.29, 0.717) is 34.4 Å². The Kier molecular flexibility index (Phi) is 6.98. The molecule has 0 aromatic heterocycles. The number of amides is 4. The number of benzene rings is 4. The number of allylic oxidation sites excluding steroid dienone is 4. The molecule has 0 N–H and O–H groups in total. The number of hydrogen-bond donors (Lipinski definition) is 0. The topological polar surface area (TPSA) is 127 Å². The van der Waals surface area contributed by atoms with Crippen molar-refractivity contribution in [2.24, 2.45) is 47.3 Å². The summed E-state index contributed by atoms with van der Waals surface area (Å²) >= 11 is 0. The molecular formula is C42H32N2O8S. The van der Waals surface area contributed by atoms with Crippen molar-refractivity contribution in [3.63, 3.8) is 0 Å². The van der Waals surface area contributed by atoms with Crippen LogP contribution in [0.25, 0.3) is 0 Å². The highest BCUT2D eigenvalue weighted by atomic mass is 32.2. The van der Waals surface area contributed by atoms with E-state index < -0.39 is 9.84 Å². The molecule has 0 spiro atoms. The highest BCUT2D eigenvalue weighted by molar-refractivity contribution is 7.91. The van der Waals surface area contributed by atoms with Crippen LogP contribution in [0.15, 0.2) is 131 Å². The van der Waals surface area contributed by atoms with Gasteiger partial charge < -0.3 is 9.47 Å². The van der Waals surface area contributed by atoms with Crippen LogP contribution in [-0.4, -0.2) is 32.0 Å². The molecule has 4 aromatic rings. The molecule has 6 aliphatic rings. The Balaban J connectivity index is 0.806. The Bertz CT molecular complexity index is 2200. The number of carbonyl (C=O) groups excluding carboxylic acids is 4. The second-order valence-corrected chi connectivity index (χ2v) is 16.6. The van der Waals surface area contributed by atoms with Crippen LogP contribution in [0.2, 0.25) is 0 Å². The molecule has 53 heavy (non-hydrogen) atoms. The normalized spacial score (nSPS) is 29.1. The zero-order valence-corrected chi connectivity index (χ0v) is 29.0. The van der Waals surface area contributed by atoms with Crippen molar-refractivity contribution in [2.75, 3.05) is 9.80 Å². The highest BCUT2D eigenvalue weighted by Crippen LogP contribution is 2.54. The summed E-state index contributed by atoms with van der Waals surface area (Å²) in [5, 5.41) is 0. The highest BCUT2D eigenvalue weighted by Gasteiger charge is 2.60. The molecule has 4 aromatic carbocycles. The minimum Gasteiger partial charge on any atom is -0.457 e. The van der Waals surface area contributed by atoms with Crippen molar-refractivity contribution in [1.82, 2.24) is 0 Å². The number of carbonyl (C=O) groups is 4. The van der Waals surface area contributed by atoms with E-state index in [2.05, 4.69) is 24.3 Å². The molecule has 2 heterocycles. The lowest BCUT2D eigenvalue weighted by Gasteiger charge is -2.18. The van der Waals surface area contributed by atoms with Gasteiger partial charge in [-0.15, -0.1) is 0 Å². The Morgan fingerprint density at radius 1 is 0.453 bits per heavy atom. The standard InChI is InChI=1S/C42H32N2O8S/c45-39-35-23-7-8-24(19-23)36(35)40(46)43(39)27-3-1-5-31(21-27)51-29-11-15-33(16-12-29)53(49,50)34-17-13-30(14-18-34)52-32-6-2-4-28(22-32)44-41(47)37-25-9-10-26(20-25)38(37)42(44)48/h1-18,21-26,35-38H,19-20H2. The first kappa shape index (κ1) is 31.9. The van der Waals surface area contributed by atoms with Crippen LogP contribution < -0.4 is 19.3 Å². The lowest BCUT2D eigenvalue weighted by Crippen LogP contribution is -2.32. The van der Waals surface area contributed by atoms with Gasteiger partial charge in [-0.25, -0.2) is 18.2 Å². The molecule has 4 aliphatic carbocycles. The molecule has 0 radical (unpaired) electrons. The Labute approximate surface area is 305 Å². The molecule has 11 heteroatoms. The van der Waals surface area contributed by atoms with Crippen LogP contribution in [0.4, 0.5) is 11.4 Å². The summed E-state index contributed by atoms with van der Waals surface area (Å²) in [6.45, 7) is 0. The Morgan fingerprint density at radius 3 is 1.13 bits per heavy atom. The molecule has 264 valence electrons. The SMILES string of the molecule is O=C1C2C3C=CC(C3)C2C(=O)N1c1cccc(Oc2ccc(S(=O)(=O)c3ccc(Oc4cccc(N5C(=O)C6C7C=CC(C7)C6C5=O)c4)cc3)cc2)c1. The first-order valence-corrected chi connectivity index (χ1v) is 19.3. The van der Waals surface area contributed by atoms with Crippen molar-refractivity contribution in [1.29, 1.82) is 0 Å². The van der Waals surface area contributed by atoms with Crippen LogP contribution in [-0.2, 0) is 29.0 Å². The average Bonchev–Trinajstić information content (AvgIpc) is 4.02. The van der Waals surface area contributed by atoms with E-state index in [-0.39, 0.29) is 80.8 Å². The van der Waals surface area contributed by atoms with Crippen LogP contribution >= 0.6 is 0 Å². The summed E-state index contributed by atoms with van der Waals surface area (Å²) < 4.78 is 39.1. The van der Waals surface area contributed by atoms with Gasteiger partial charge >= 0.3 is 0 Å². The van der Waals surface area contributed by atoms with Gasteiger partial charge in [0.25, 0.3) is 0 Å². The number of sulfone groups is 1. The molecule has 4 bridgehead atoms. The Morgan fingerprint density at radius 2 is 0.792 bits per heavy atom. The molecule has 2 saturated heterocycles. The van der Waals surface area contributed by atoms with E-state index in [1.807, 2.05) is 0 Å². The van der Waals surface area contributed by atoms with Crippen LogP contribution in [0.1, 0.15) is 12.8 Å². The second-order valence-electron chi connectivity index (χ2n) is 14.7. The first-order valence-electron chi connectivity index (χ1n) is 17.8. The lowest BCUT2D eigenvalue weighted by molar-refractivity contribution is -0.124. The van der Waals surface area contributed by atoms with Gasteiger partial charge in [0, 0.05) is 12.1 Å². The maximum Gasteiger partial charge on any atom is 0.238 e. The number of hydrogen-bond acceptors (Lipinski definition) is 8. The monoisotopic (exact) mass is 724 g/mol. The van der Waals surface area contributed by atoms with Gasteiger partial charge in [-0.3, -0.25) is 19.2 Å². The number of imide groups is 2. The second kappa shape index (κ2) is 11.6. The van der Waals surface area contributed by atoms with E-state index >= 15 is 0 Å². The Hall–Kier alpha value is -5.81. The van der Waals surface area contributed by atoms with E-state index in [4.69, 9.17) is 9.47 Å². The summed E-state index contributed by atoms with van der Waals surface area (Å²) in [6, 6.07) is 25.6. The fourth-order valence-electron chi connectivity index (χ4n) is 9.47. The minimum absolute atomic E-state index is 0.0661. The summed E-state index contributed by atoms with van der Waals surface area (Å²) in [5.74, 6) is 0.166. The maximum absolute atomic E-state index is 13.5. The zero-order chi connectivity index (χ0) is 36.2. The van der Waals surface area contributed by atoms with Crippen molar-refractivity contribution in [3.8, 4) is 23.0 Å². The first-order chi connectivity index (χ1) is 25.7. The predicted molar refractivity (Wildman–Crippen MR) is 192 cm³/mol. The molecule has 8 atom stereocenters. The van der Waals surface area contributed by atoms with E-state index in [1.54, 1.807) is 72.8 Å². The third-order valence-electron chi connectivity index (χ3n) is 11.8. The number of anilines is 2. The van der Waals surface area contributed by atoms with Crippen molar-refractivity contribution in [2.45, 2.75) is 22.6 Å². The average molecular weight is 725 g/mol. The lowest BCUT2D eigenvalue weighted by atomic mass is 9.85. The quantitative estimate of drug-likeness (QED) is 0.145. The van der Waals surface area contributed by atoms with Gasteiger partial charge in [0.05, 0.1) is 44.8 Å². The third kappa shape index (κ3) is 4.86. The molecule has 10 rings (SSSR count). The molecule has 2 aliphatic heterocycles. The van der Waals surface area contributed by atoms with Gasteiger partial charge in [0.15, 0.2) is 0 Å². The summed E-state index contributed by atoms with van der Waals surface area (Å²) in [4.78, 5) is 55.8. The zero-order valence-electron chi connectivity index (χ0n) is 28.1. The molecule has 2 saturated carbocycles. The van der Waals surface area contributed by atoms with Crippen LogP contribution in [0, 0.1) is 47.3 Å². The van der Waals surface area contributed by atoms with E-state index in [1.165, 1.54) is 34.1 Å². The number of fused-ring (bicyclic) bond motifs is 10. The largest absolute Gasteiger partial charge is 0.457 e. The van der Waals surface area contributed by atoms with Crippen LogP contribution in [0.5, 0.6) is 23.0 Å². The summed E-state index contributed by atoms with van der Waals surface area (Å²) in [6.07, 6.45) is 9.96. The van der Waals surface area contributed by atoms with Crippen molar-refractivity contribution < 1.29 is 37.1 Å². The molecular weight excluding hydrogens is 693 g/mol. The van der Waals surface area contributed by atoms with E-state index in [9.17, 15) is 27.6 Å². The summed E-state index contributed by atoms with van der Waals surface area (Å²) in [7, 11) is -3.89. The molecule has 10 nitrogen and oxygen atoms in total. The number of ether oxygens (including phenoxy) is 2. The van der Waals surface area contributed by atoms with E-state index in [0.717, 1.165) is 12.8 Å². The predicted octanol–water partition coefficient (Wildman–Crippen LogP) is 6.73. The smallest absolute Gasteiger partial charge is 0.238 e. The minimum atomic E-state index is -3.89.